The minimum absolute atomic E-state index is 0.0718. The van der Waals surface area contributed by atoms with Crippen LogP contribution in [-0.2, 0) is 4.12 Å². The van der Waals surface area contributed by atoms with Gasteiger partial charge >= 0.3 is 0 Å². The second-order valence-electron chi connectivity index (χ2n) is 7.38. The molecule has 0 fully saturated rings. The molecule has 9 nitrogen and oxygen atoms in total. The van der Waals surface area contributed by atoms with Crippen molar-refractivity contribution in [3.63, 3.8) is 0 Å². The highest BCUT2D eigenvalue weighted by Crippen LogP contribution is 2.25. The van der Waals surface area contributed by atoms with Crippen LogP contribution < -0.4 is 10.6 Å². The quantitative estimate of drug-likeness (QED) is 0.398. The van der Waals surface area contributed by atoms with Gasteiger partial charge in [-0.1, -0.05) is 12.1 Å². The van der Waals surface area contributed by atoms with E-state index in [9.17, 15) is 29.4 Å². The maximum absolute atomic E-state index is 11.0. The third kappa shape index (κ3) is 5.87. The average Bonchev–Trinajstić information content (AvgIpc) is 3.12. The van der Waals surface area contributed by atoms with Crippen LogP contribution in [0.4, 0.5) is 0 Å². The first-order valence-corrected chi connectivity index (χ1v) is 14.0. The van der Waals surface area contributed by atoms with Crippen molar-refractivity contribution in [1.82, 2.24) is 10.6 Å². The molecule has 31 heavy (non-hydrogen) atoms. The zero-order chi connectivity index (χ0) is 23.3. The second-order valence-corrected chi connectivity index (χ2v) is 12.8. The van der Waals surface area contributed by atoms with E-state index in [2.05, 4.69) is 36.8 Å². The molecule has 2 radical (unpaired) electrons. The molecular weight excluding hydrogens is 436 g/mol. The fraction of sp³-hybridized carbons (Fsp3) is 0.200. The molecule has 11 heteroatoms. The summed E-state index contributed by atoms with van der Waals surface area (Å²) >= 11 is 0. The van der Waals surface area contributed by atoms with E-state index >= 15 is 0 Å². The van der Waals surface area contributed by atoms with Gasteiger partial charge in [0.05, 0.1) is 22.3 Å². The molecule has 0 bridgehead atoms. The Morgan fingerprint density at radius 2 is 1.13 bits per heavy atom. The van der Waals surface area contributed by atoms with Crippen molar-refractivity contribution < 1.29 is 33.5 Å². The van der Waals surface area contributed by atoms with Crippen molar-refractivity contribution in [2.75, 3.05) is 0 Å². The Morgan fingerprint density at radius 3 is 1.39 bits per heavy atom. The number of imide groups is 2. The number of nitrogens with one attached hydrogen (secondary N) is 2. The van der Waals surface area contributed by atoms with Crippen LogP contribution in [0.1, 0.15) is 41.4 Å². The predicted molar refractivity (Wildman–Crippen MR) is 116 cm³/mol. The molecule has 4 rings (SSSR count). The maximum atomic E-state index is 11.0. The van der Waals surface area contributed by atoms with E-state index in [1.807, 2.05) is 0 Å². The van der Waals surface area contributed by atoms with Crippen LogP contribution in [0, 0.1) is 0 Å². The molecule has 2 heterocycles. The van der Waals surface area contributed by atoms with Gasteiger partial charge in [-0.3, -0.25) is 29.8 Å². The molecule has 0 saturated carbocycles. The van der Waals surface area contributed by atoms with Crippen LogP contribution in [0.15, 0.2) is 36.4 Å². The normalized spacial score (nSPS) is 13.8. The van der Waals surface area contributed by atoms with Crippen molar-refractivity contribution in [3.8, 4) is 11.5 Å². The molecule has 162 valence electrons. The minimum Gasteiger partial charge on any atom is -0.507 e. The summed E-state index contributed by atoms with van der Waals surface area (Å²) in [6.07, 6.45) is 0. The molecule has 4 amide bonds. The molecule has 0 spiro atoms. The van der Waals surface area contributed by atoms with Gasteiger partial charge in [-0.15, -0.1) is 0 Å². The Labute approximate surface area is 182 Å². The molecule has 2 aromatic rings. The van der Waals surface area contributed by atoms with Crippen LogP contribution in [0.25, 0.3) is 0 Å². The summed E-state index contributed by atoms with van der Waals surface area (Å²) in [4.78, 5) is 44.0. The van der Waals surface area contributed by atoms with E-state index in [4.69, 9.17) is 4.12 Å². The number of carbonyl (C=O) groups is 4. The minimum atomic E-state index is -1.14. The summed E-state index contributed by atoms with van der Waals surface area (Å²) in [7, 11) is -0.474. The molecule has 2 aromatic carbocycles. The van der Waals surface area contributed by atoms with Crippen LogP contribution in [0.5, 0.6) is 11.5 Å². The number of benzene rings is 2. The second kappa shape index (κ2) is 9.68. The number of carbonyl (C=O) groups excluding carboxylic acids is 4. The molecule has 0 aliphatic carbocycles. The van der Waals surface area contributed by atoms with E-state index in [0.717, 1.165) is 0 Å². The molecule has 2 aliphatic heterocycles. The number of amides is 4. The topological polar surface area (TPSA) is 142 Å². The van der Waals surface area contributed by atoms with E-state index in [1.54, 1.807) is 0 Å². The maximum Gasteiger partial charge on any atom is 0.262 e. The predicted octanol–water partition coefficient (Wildman–Crippen LogP) is 2.06. The number of aromatic hydroxyl groups is 2. The summed E-state index contributed by atoms with van der Waals surface area (Å²) in [5, 5.41) is 22.6. The largest absolute Gasteiger partial charge is 0.507 e. The van der Waals surface area contributed by atoms with Crippen LogP contribution >= 0.6 is 0 Å². The molecule has 0 unspecified atom stereocenters. The van der Waals surface area contributed by atoms with Crippen molar-refractivity contribution >= 4 is 41.7 Å². The number of rotatable bonds is 2. The van der Waals surface area contributed by atoms with Gasteiger partial charge < -0.3 is 14.3 Å². The number of phenolic OH excluding ortho intramolecular Hbond substituents is 2. The van der Waals surface area contributed by atoms with Gasteiger partial charge in [0.25, 0.3) is 23.6 Å². The van der Waals surface area contributed by atoms with Crippen LogP contribution in [0.3, 0.4) is 0 Å². The van der Waals surface area contributed by atoms with E-state index < -0.39 is 31.9 Å². The molecule has 4 N–H and O–H groups in total. The Hall–Kier alpha value is -3.29. The standard InChI is InChI=1S/2C8H5NO3.C4H12OSi2/c2*10-5-3-1-2-4-6(5)8(12)9-7(4)11;1-6-5-7(2,3)4/h2*1-3,10H,(H,9,11,12);1-4H3. The van der Waals surface area contributed by atoms with Crippen LogP contribution in [-0.4, -0.2) is 51.9 Å². The third-order valence-electron chi connectivity index (χ3n) is 3.89. The zero-order valence-corrected chi connectivity index (χ0v) is 19.4. The van der Waals surface area contributed by atoms with Gasteiger partial charge in [0.2, 0.25) is 9.76 Å². The summed E-state index contributed by atoms with van der Waals surface area (Å²) in [6, 6.07) is 8.78. The summed E-state index contributed by atoms with van der Waals surface area (Å²) in [6.45, 7) is 8.66. The highest BCUT2D eigenvalue weighted by molar-refractivity contribution is 6.73. The van der Waals surface area contributed by atoms with Gasteiger partial charge in [0, 0.05) is 0 Å². The molecule has 0 saturated heterocycles. The summed E-state index contributed by atoms with van der Waals surface area (Å²) < 4.78 is 5.40. The first-order valence-electron chi connectivity index (χ1n) is 9.16. The zero-order valence-electron chi connectivity index (χ0n) is 17.4. The van der Waals surface area contributed by atoms with Gasteiger partial charge in [-0.25, -0.2) is 0 Å². The lowest BCUT2D eigenvalue weighted by Crippen LogP contribution is -2.26. The number of hydrogen-bond acceptors (Lipinski definition) is 7. The van der Waals surface area contributed by atoms with Crippen molar-refractivity contribution in [2.45, 2.75) is 26.2 Å². The van der Waals surface area contributed by atoms with E-state index in [0.29, 0.717) is 9.76 Å². The molecule has 0 atom stereocenters. The SMILES string of the molecule is C[Si]O[Si](C)(C)C.O=C1NC(=O)c2c(O)cccc21.O=C1NC(=O)c2c(O)cccc21. The monoisotopic (exact) mass is 458 g/mol. The highest BCUT2D eigenvalue weighted by Gasteiger charge is 2.29. The third-order valence-corrected chi connectivity index (χ3v) is 7.16. The smallest absolute Gasteiger partial charge is 0.262 e. The lowest BCUT2D eigenvalue weighted by atomic mass is 10.1. The van der Waals surface area contributed by atoms with Crippen LogP contribution in [0.2, 0.25) is 26.2 Å². The molecule has 2 aliphatic rings. The first-order chi connectivity index (χ1) is 14.5. The summed E-state index contributed by atoms with van der Waals surface area (Å²) in [5.74, 6) is -2.29. The lowest BCUT2D eigenvalue weighted by Gasteiger charge is -2.14. The number of phenols is 2. The number of hydrogen-bond donors (Lipinski definition) is 4. The lowest BCUT2D eigenvalue weighted by molar-refractivity contribution is 0.0862. The van der Waals surface area contributed by atoms with Gasteiger partial charge in [0.1, 0.15) is 11.5 Å². The fourth-order valence-electron chi connectivity index (χ4n) is 2.71. The molecule has 0 aromatic heterocycles. The van der Waals surface area contributed by atoms with Gasteiger partial charge in [-0.05, 0) is 50.5 Å². The fourth-order valence-corrected chi connectivity index (χ4v) is 5.16. The van der Waals surface area contributed by atoms with Crippen molar-refractivity contribution in [2.24, 2.45) is 0 Å². The van der Waals surface area contributed by atoms with Crippen molar-refractivity contribution in [1.29, 1.82) is 0 Å². The highest BCUT2D eigenvalue weighted by atomic mass is 28.4. The first kappa shape index (κ1) is 24.0. The Kier molecular flexibility index (Phi) is 7.49. The number of fused-ring (bicyclic) bond motifs is 2. The van der Waals surface area contributed by atoms with Gasteiger partial charge in [0.15, 0.2) is 8.32 Å². The van der Waals surface area contributed by atoms with E-state index in [-0.39, 0.29) is 33.8 Å². The van der Waals surface area contributed by atoms with E-state index in [1.165, 1.54) is 36.4 Å². The summed E-state index contributed by atoms with van der Waals surface area (Å²) in [5.41, 5.74) is 0.616. The average molecular weight is 459 g/mol. The van der Waals surface area contributed by atoms with Gasteiger partial charge in [-0.2, -0.15) is 0 Å². The Morgan fingerprint density at radius 1 is 0.742 bits per heavy atom. The molecular formula is C20H22N2O7Si2. The Bertz CT molecular complexity index is 973. The van der Waals surface area contributed by atoms with Crippen molar-refractivity contribution in [3.05, 3.63) is 58.7 Å². The Balaban J connectivity index is 0.000000173.